The Balaban J connectivity index is 2.13. The number of nitrogens with two attached hydrogens (primary N) is 1. The second kappa shape index (κ2) is 4.46. The second-order valence-corrected chi connectivity index (χ2v) is 5.28. The summed E-state index contributed by atoms with van der Waals surface area (Å²) < 4.78 is 34.2. The fourth-order valence-electron chi connectivity index (χ4n) is 2.32. The van der Waals surface area contributed by atoms with Crippen LogP contribution in [0.15, 0.2) is 0 Å². The van der Waals surface area contributed by atoms with Gasteiger partial charge in [0.15, 0.2) is 0 Å². The molecule has 2 bridgehead atoms. The first kappa shape index (κ1) is 13.2. The Hall–Kier alpha value is -1.23. The smallest absolute Gasteiger partial charge is 0.368 e. The van der Waals surface area contributed by atoms with Gasteiger partial charge in [-0.25, -0.2) is 0 Å². The van der Waals surface area contributed by atoms with Crippen molar-refractivity contribution in [2.45, 2.75) is 24.9 Å². The van der Waals surface area contributed by atoms with E-state index in [0.717, 1.165) is 5.06 Å². The van der Waals surface area contributed by atoms with Gasteiger partial charge in [-0.1, -0.05) is 0 Å². The second-order valence-electron chi connectivity index (χ2n) is 4.27. The van der Waals surface area contributed by atoms with Crippen molar-refractivity contribution in [1.82, 2.24) is 9.96 Å². The van der Waals surface area contributed by atoms with Gasteiger partial charge in [0.1, 0.15) is 12.6 Å². The number of hydrogen-bond donors (Lipinski definition) is 2. The molecule has 0 unspecified atom stereocenters. The van der Waals surface area contributed by atoms with E-state index in [-0.39, 0.29) is 19.1 Å². The lowest BCUT2D eigenvalue weighted by Gasteiger charge is -2.45. The highest BCUT2D eigenvalue weighted by molar-refractivity contribution is 7.80. The van der Waals surface area contributed by atoms with Crippen LogP contribution < -0.4 is 5.73 Å². The number of piperazine rings is 1. The molecule has 18 heavy (non-hydrogen) atoms. The predicted molar refractivity (Wildman–Crippen MR) is 57.1 cm³/mol. The number of hydroxylamine groups is 2. The minimum atomic E-state index is -4.65. The minimum Gasteiger partial charge on any atom is -0.368 e. The molecule has 9 nitrogen and oxygen atoms in total. The molecule has 0 aromatic rings. The molecule has 0 spiro atoms. The molecule has 2 saturated heterocycles. The number of piperidine rings is 1. The molecular weight excluding hydrogens is 266 g/mol. The third-order valence-electron chi connectivity index (χ3n) is 3.09. The third kappa shape index (κ3) is 2.61. The molecule has 0 radical (unpaired) electrons. The zero-order valence-corrected chi connectivity index (χ0v) is 10.2. The summed E-state index contributed by atoms with van der Waals surface area (Å²) in [7, 11) is -4.65. The average molecular weight is 279 g/mol. The Kier molecular flexibility index (Phi) is 3.27. The van der Waals surface area contributed by atoms with Crippen LogP contribution in [0.5, 0.6) is 0 Å². The van der Waals surface area contributed by atoms with E-state index < -0.39 is 28.3 Å². The van der Waals surface area contributed by atoms with Crippen LogP contribution in [0.2, 0.25) is 0 Å². The molecule has 0 saturated carbocycles. The summed E-state index contributed by atoms with van der Waals surface area (Å²) in [4.78, 5) is 24.2. The highest BCUT2D eigenvalue weighted by Gasteiger charge is 2.43. The summed E-state index contributed by atoms with van der Waals surface area (Å²) in [5.74, 6) is -1.04. The summed E-state index contributed by atoms with van der Waals surface area (Å²) in [5.41, 5.74) is 5.19. The fourth-order valence-corrected chi connectivity index (χ4v) is 2.74. The molecule has 2 atom stereocenters. The van der Waals surface area contributed by atoms with Crippen LogP contribution in [0.3, 0.4) is 0 Å². The number of primary amides is 1. The Morgan fingerprint density at radius 2 is 2.11 bits per heavy atom. The highest BCUT2D eigenvalue weighted by Crippen LogP contribution is 2.26. The molecule has 2 heterocycles. The van der Waals surface area contributed by atoms with Crippen molar-refractivity contribution in [1.29, 1.82) is 0 Å². The quantitative estimate of drug-likeness (QED) is 0.565. The first-order valence-electron chi connectivity index (χ1n) is 5.30. The molecule has 2 aliphatic heterocycles. The van der Waals surface area contributed by atoms with Crippen LogP contribution in [0.4, 0.5) is 0 Å². The van der Waals surface area contributed by atoms with Crippen LogP contribution in [0.25, 0.3) is 0 Å². The van der Waals surface area contributed by atoms with E-state index >= 15 is 0 Å². The molecule has 0 aliphatic carbocycles. The topological polar surface area (TPSA) is 130 Å². The number of hydrogen-bond acceptors (Lipinski definition) is 6. The normalized spacial score (nSPS) is 29.4. The van der Waals surface area contributed by atoms with Crippen molar-refractivity contribution < 1.29 is 26.8 Å². The Bertz CT molecular complexity index is 477. The van der Waals surface area contributed by atoms with Crippen LogP contribution in [-0.2, 0) is 24.3 Å². The van der Waals surface area contributed by atoms with Crippen LogP contribution in [0, 0.1) is 0 Å². The van der Waals surface area contributed by atoms with Gasteiger partial charge < -0.3 is 10.6 Å². The van der Waals surface area contributed by atoms with E-state index in [4.69, 9.17) is 10.3 Å². The average Bonchev–Trinajstić information content (AvgIpc) is 2.23. The summed E-state index contributed by atoms with van der Waals surface area (Å²) >= 11 is 0. The highest BCUT2D eigenvalue weighted by atomic mass is 32.3. The van der Waals surface area contributed by atoms with E-state index in [9.17, 15) is 18.0 Å². The van der Waals surface area contributed by atoms with Gasteiger partial charge in [-0.3, -0.25) is 14.1 Å². The largest absolute Gasteiger partial charge is 0.413 e. The maximum Gasteiger partial charge on any atom is 0.413 e. The molecule has 3 N–H and O–H groups in total. The van der Waals surface area contributed by atoms with Crippen molar-refractivity contribution in [2.24, 2.45) is 5.73 Å². The Morgan fingerprint density at radius 1 is 1.44 bits per heavy atom. The number of fused-ring (bicyclic) bond motifs is 2. The van der Waals surface area contributed by atoms with Crippen LogP contribution in [0.1, 0.15) is 12.8 Å². The summed E-state index contributed by atoms with van der Waals surface area (Å²) in [5, 5.41) is 0.922. The van der Waals surface area contributed by atoms with Crippen molar-refractivity contribution in [3.8, 4) is 0 Å². The molecule has 2 fully saturated rings. The number of carbonyl (C=O) groups excluding carboxylic acids is 2. The monoisotopic (exact) mass is 279 g/mol. The molecule has 10 heteroatoms. The lowest BCUT2D eigenvalue weighted by molar-refractivity contribution is -0.178. The van der Waals surface area contributed by atoms with E-state index in [2.05, 4.69) is 4.28 Å². The standard InChI is InChI=1S/C8H13N3O6S/c9-8(13)6-2-1-5-3-10(6)7(12)4-11(5)17-18(14,15)16/h5-6H,1-4H2,(H2,9,13)(H,14,15,16)/t5-,6+/m1/s1. The summed E-state index contributed by atoms with van der Waals surface area (Å²) in [6.07, 6.45) is 0.796. The van der Waals surface area contributed by atoms with E-state index in [1.165, 1.54) is 4.90 Å². The minimum absolute atomic E-state index is 0.155. The van der Waals surface area contributed by atoms with Crippen LogP contribution in [-0.4, -0.2) is 59.9 Å². The SMILES string of the molecule is NC(=O)[C@@H]1CC[C@@H]2CN1C(=O)CN2OS(=O)(=O)O. The number of amides is 2. The molecule has 2 amide bonds. The maximum absolute atomic E-state index is 11.7. The molecule has 102 valence electrons. The zero-order chi connectivity index (χ0) is 13.5. The van der Waals surface area contributed by atoms with Gasteiger partial charge in [-0.15, -0.1) is 0 Å². The maximum atomic E-state index is 11.7. The predicted octanol–water partition coefficient (Wildman–Crippen LogP) is -2.12. The van der Waals surface area contributed by atoms with Gasteiger partial charge in [-0.05, 0) is 12.8 Å². The van der Waals surface area contributed by atoms with Gasteiger partial charge in [0.25, 0.3) is 0 Å². The Morgan fingerprint density at radius 3 is 2.67 bits per heavy atom. The van der Waals surface area contributed by atoms with Crippen molar-refractivity contribution in [2.75, 3.05) is 13.1 Å². The molecule has 2 aliphatic rings. The number of carbonyl (C=O) groups is 2. The van der Waals surface area contributed by atoms with E-state index in [1.807, 2.05) is 0 Å². The van der Waals surface area contributed by atoms with E-state index in [0.29, 0.717) is 12.8 Å². The molecular formula is C8H13N3O6S. The Labute approximate surface area is 103 Å². The molecule has 0 aromatic carbocycles. The van der Waals surface area contributed by atoms with Gasteiger partial charge in [0.05, 0.1) is 6.04 Å². The van der Waals surface area contributed by atoms with Crippen LogP contribution >= 0.6 is 0 Å². The van der Waals surface area contributed by atoms with Crippen molar-refractivity contribution in [3.05, 3.63) is 0 Å². The van der Waals surface area contributed by atoms with Gasteiger partial charge in [-0.2, -0.15) is 17.8 Å². The lowest BCUT2D eigenvalue weighted by Crippen LogP contribution is -2.64. The summed E-state index contributed by atoms with van der Waals surface area (Å²) in [6, 6.07) is -1.03. The van der Waals surface area contributed by atoms with Crippen molar-refractivity contribution in [3.63, 3.8) is 0 Å². The first-order chi connectivity index (χ1) is 8.28. The first-order valence-corrected chi connectivity index (χ1v) is 6.67. The van der Waals surface area contributed by atoms with Gasteiger partial charge in [0, 0.05) is 6.54 Å². The fraction of sp³-hybridized carbons (Fsp3) is 0.750. The van der Waals surface area contributed by atoms with Crippen molar-refractivity contribution >= 4 is 22.2 Å². The van der Waals surface area contributed by atoms with Gasteiger partial charge >= 0.3 is 10.4 Å². The number of nitrogens with zero attached hydrogens (tertiary/aromatic N) is 2. The summed E-state index contributed by atoms with van der Waals surface area (Å²) in [6.45, 7) is -0.184. The van der Waals surface area contributed by atoms with E-state index in [1.54, 1.807) is 0 Å². The molecule has 0 aromatic heterocycles. The zero-order valence-electron chi connectivity index (χ0n) is 9.35. The lowest BCUT2D eigenvalue weighted by atomic mass is 9.95. The van der Waals surface area contributed by atoms with Gasteiger partial charge in [0.2, 0.25) is 11.8 Å². The molecule has 2 rings (SSSR count). The third-order valence-corrected chi connectivity index (χ3v) is 3.47. The number of rotatable bonds is 3.